The van der Waals surface area contributed by atoms with Crippen LogP contribution < -0.4 is 10.5 Å². The highest BCUT2D eigenvalue weighted by atomic mass is 35.5. The van der Waals surface area contributed by atoms with E-state index in [2.05, 4.69) is 0 Å². The molecule has 0 saturated carbocycles. The maximum absolute atomic E-state index is 13.0. The zero-order valence-corrected chi connectivity index (χ0v) is 10.7. The molecular formula is C14H13ClFNO. The van der Waals surface area contributed by atoms with Gasteiger partial charge in [0.2, 0.25) is 0 Å². The van der Waals surface area contributed by atoms with Crippen LogP contribution in [-0.2, 0) is 6.54 Å². The first-order valence-corrected chi connectivity index (χ1v) is 5.90. The van der Waals surface area contributed by atoms with Gasteiger partial charge in [0.25, 0.3) is 0 Å². The van der Waals surface area contributed by atoms with Crippen LogP contribution in [0.5, 0.6) is 11.5 Å². The van der Waals surface area contributed by atoms with Crippen molar-refractivity contribution in [3.63, 3.8) is 0 Å². The minimum Gasteiger partial charge on any atom is -0.457 e. The number of aryl methyl sites for hydroxylation is 1. The van der Waals surface area contributed by atoms with Crippen LogP contribution in [0.2, 0.25) is 5.02 Å². The molecule has 4 heteroatoms. The van der Waals surface area contributed by atoms with Gasteiger partial charge in [-0.15, -0.1) is 0 Å². The van der Waals surface area contributed by atoms with Gasteiger partial charge in [-0.2, -0.15) is 0 Å². The van der Waals surface area contributed by atoms with Gasteiger partial charge in [0.05, 0.1) is 5.02 Å². The molecule has 2 nitrogen and oxygen atoms in total. The molecule has 0 bridgehead atoms. The summed E-state index contributed by atoms with van der Waals surface area (Å²) in [5.74, 6) is 0.732. The van der Waals surface area contributed by atoms with E-state index in [0.717, 1.165) is 11.1 Å². The lowest BCUT2D eigenvalue weighted by Gasteiger charge is -2.10. The molecule has 0 radical (unpaired) electrons. The molecule has 0 amide bonds. The van der Waals surface area contributed by atoms with Crippen molar-refractivity contribution in [2.75, 3.05) is 0 Å². The average molecular weight is 266 g/mol. The summed E-state index contributed by atoms with van der Waals surface area (Å²) < 4.78 is 18.7. The summed E-state index contributed by atoms with van der Waals surface area (Å²) >= 11 is 5.70. The Morgan fingerprint density at radius 1 is 1.22 bits per heavy atom. The van der Waals surface area contributed by atoms with Crippen molar-refractivity contribution in [2.24, 2.45) is 5.73 Å². The molecule has 0 aliphatic rings. The van der Waals surface area contributed by atoms with E-state index in [1.165, 1.54) is 18.2 Å². The fourth-order valence-corrected chi connectivity index (χ4v) is 1.72. The fourth-order valence-electron chi connectivity index (χ4n) is 1.55. The molecule has 0 aromatic heterocycles. The van der Waals surface area contributed by atoms with Crippen molar-refractivity contribution < 1.29 is 9.13 Å². The normalized spacial score (nSPS) is 10.4. The number of rotatable bonds is 3. The highest BCUT2D eigenvalue weighted by molar-refractivity contribution is 6.30. The Kier molecular flexibility index (Phi) is 3.84. The Bertz CT molecular complexity index is 572. The van der Waals surface area contributed by atoms with Crippen molar-refractivity contribution in [3.8, 4) is 11.5 Å². The number of halogens is 2. The Hall–Kier alpha value is -1.58. The lowest BCUT2D eigenvalue weighted by molar-refractivity contribution is 0.476. The monoisotopic (exact) mass is 265 g/mol. The lowest BCUT2D eigenvalue weighted by atomic mass is 10.1. The Labute approximate surface area is 110 Å². The van der Waals surface area contributed by atoms with E-state index >= 15 is 0 Å². The van der Waals surface area contributed by atoms with Crippen molar-refractivity contribution in [1.82, 2.24) is 0 Å². The maximum atomic E-state index is 13.0. The first-order chi connectivity index (χ1) is 8.60. The van der Waals surface area contributed by atoms with Crippen LogP contribution in [0.25, 0.3) is 0 Å². The van der Waals surface area contributed by atoms with Gasteiger partial charge in [-0.05, 0) is 36.2 Å². The van der Waals surface area contributed by atoms with Gasteiger partial charge >= 0.3 is 0 Å². The molecule has 2 aromatic rings. The first kappa shape index (κ1) is 12.9. The molecule has 0 heterocycles. The van der Waals surface area contributed by atoms with Crippen LogP contribution in [-0.4, -0.2) is 0 Å². The third-order valence-corrected chi connectivity index (χ3v) is 2.90. The van der Waals surface area contributed by atoms with Crippen LogP contribution in [0.1, 0.15) is 11.1 Å². The Morgan fingerprint density at radius 2 is 2.00 bits per heavy atom. The third kappa shape index (κ3) is 2.81. The molecule has 2 N–H and O–H groups in total. The first-order valence-electron chi connectivity index (χ1n) is 5.52. The second-order valence-electron chi connectivity index (χ2n) is 3.98. The smallest absolute Gasteiger partial charge is 0.142 e. The molecule has 2 rings (SSSR count). The molecule has 0 saturated heterocycles. The summed E-state index contributed by atoms with van der Waals surface area (Å²) in [6, 6.07) is 10.0. The van der Waals surface area contributed by atoms with Crippen molar-refractivity contribution >= 4 is 11.6 Å². The second-order valence-corrected chi connectivity index (χ2v) is 4.39. The molecule has 0 aliphatic heterocycles. The number of hydrogen-bond donors (Lipinski definition) is 1. The van der Waals surface area contributed by atoms with Gasteiger partial charge in [0.1, 0.15) is 17.3 Å². The molecule has 18 heavy (non-hydrogen) atoms. The fraction of sp³-hybridized carbons (Fsp3) is 0.143. The molecule has 0 fully saturated rings. The highest BCUT2D eigenvalue weighted by Gasteiger charge is 2.05. The largest absolute Gasteiger partial charge is 0.457 e. The number of hydrogen-bond acceptors (Lipinski definition) is 2. The number of nitrogens with two attached hydrogens (primary N) is 1. The van der Waals surface area contributed by atoms with E-state index in [9.17, 15) is 4.39 Å². The van der Waals surface area contributed by atoms with E-state index in [0.29, 0.717) is 18.0 Å². The van der Waals surface area contributed by atoms with E-state index in [4.69, 9.17) is 22.1 Å². The predicted molar refractivity (Wildman–Crippen MR) is 70.6 cm³/mol. The molecule has 2 aromatic carbocycles. The van der Waals surface area contributed by atoms with E-state index in [-0.39, 0.29) is 5.02 Å². The van der Waals surface area contributed by atoms with Crippen LogP contribution in [0, 0.1) is 12.7 Å². The summed E-state index contributed by atoms with van der Waals surface area (Å²) in [5.41, 5.74) is 7.53. The number of ether oxygens (including phenoxy) is 1. The zero-order valence-electron chi connectivity index (χ0n) is 9.91. The van der Waals surface area contributed by atoms with Crippen molar-refractivity contribution in [2.45, 2.75) is 13.5 Å². The van der Waals surface area contributed by atoms with E-state index in [1.54, 1.807) is 0 Å². The molecule has 0 unspecified atom stereocenters. The quantitative estimate of drug-likeness (QED) is 0.909. The SMILES string of the molecule is Cc1ccc(CN)cc1Oc1ccc(F)c(Cl)c1. The maximum Gasteiger partial charge on any atom is 0.142 e. The number of benzene rings is 2. The van der Waals surface area contributed by atoms with Gasteiger partial charge in [-0.3, -0.25) is 0 Å². The summed E-state index contributed by atoms with van der Waals surface area (Å²) in [7, 11) is 0. The van der Waals surface area contributed by atoms with Crippen LogP contribution in [0.4, 0.5) is 4.39 Å². The molecule has 94 valence electrons. The minimum absolute atomic E-state index is 0.0418. The molecule has 0 aliphatic carbocycles. The summed E-state index contributed by atoms with van der Waals surface area (Å²) in [6.45, 7) is 2.38. The topological polar surface area (TPSA) is 35.2 Å². The van der Waals surface area contributed by atoms with Gasteiger partial charge in [0.15, 0.2) is 0 Å². The lowest BCUT2D eigenvalue weighted by Crippen LogP contribution is -1.97. The molecular weight excluding hydrogens is 253 g/mol. The van der Waals surface area contributed by atoms with Gasteiger partial charge in [-0.25, -0.2) is 4.39 Å². The summed E-state index contributed by atoms with van der Waals surface area (Å²) in [5, 5.41) is 0.0418. The summed E-state index contributed by atoms with van der Waals surface area (Å²) in [4.78, 5) is 0. The van der Waals surface area contributed by atoms with E-state index in [1.807, 2.05) is 25.1 Å². The van der Waals surface area contributed by atoms with E-state index < -0.39 is 5.82 Å². The second kappa shape index (κ2) is 5.38. The highest BCUT2D eigenvalue weighted by Crippen LogP contribution is 2.28. The van der Waals surface area contributed by atoms with Gasteiger partial charge < -0.3 is 10.5 Å². The van der Waals surface area contributed by atoms with Crippen molar-refractivity contribution in [3.05, 3.63) is 58.4 Å². The van der Waals surface area contributed by atoms with Crippen molar-refractivity contribution in [1.29, 1.82) is 0 Å². The predicted octanol–water partition coefficient (Wildman–Crippen LogP) is 4.04. The third-order valence-electron chi connectivity index (χ3n) is 2.61. The average Bonchev–Trinajstić information content (AvgIpc) is 2.36. The Balaban J connectivity index is 2.30. The van der Waals surface area contributed by atoms with Crippen LogP contribution >= 0.6 is 11.6 Å². The van der Waals surface area contributed by atoms with Crippen LogP contribution in [0.15, 0.2) is 36.4 Å². The van der Waals surface area contributed by atoms with Gasteiger partial charge in [-0.1, -0.05) is 23.7 Å². The molecule has 0 spiro atoms. The van der Waals surface area contributed by atoms with Crippen LogP contribution in [0.3, 0.4) is 0 Å². The minimum atomic E-state index is -0.462. The Morgan fingerprint density at radius 3 is 2.67 bits per heavy atom. The summed E-state index contributed by atoms with van der Waals surface area (Å²) in [6.07, 6.45) is 0. The van der Waals surface area contributed by atoms with Gasteiger partial charge in [0, 0.05) is 12.6 Å². The zero-order chi connectivity index (χ0) is 13.1. The molecule has 0 atom stereocenters. The standard InChI is InChI=1S/C14H13ClFNO/c1-9-2-3-10(8-17)6-14(9)18-11-4-5-13(16)12(15)7-11/h2-7H,8,17H2,1H3.